The molecule has 25 heavy (non-hydrogen) atoms. The molecule has 0 aliphatic carbocycles. The van der Waals surface area contributed by atoms with E-state index in [1.165, 1.54) is 16.9 Å². The SMILES string of the molecule is Cc1nc2cc([C@H]3CCCN3C(=O)c3cnccn3)[nH]n2c(=O)c1C. The Bertz CT molecular complexity index is 1010. The molecule has 8 nitrogen and oxygen atoms in total. The van der Waals surface area contributed by atoms with Gasteiger partial charge in [0.15, 0.2) is 5.65 Å². The van der Waals surface area contributed by atoms with E-state index in [2.05, 4.69) is 20.1 Å². The first-order valence-electron chi connectivity index (χ1n) is 8.22. The molecule has 0 spiro atoms. The van der Waals surface area contributed by atoms with Gasteiger partial charge in [-0.25, -0.2) is 14.5 Å². The summed E-state index contributed by atoms with van der Waals surface area (Å²) in [5, 5.41) is 3.12. The number of aromatic nitrogens is 5. The second kappa shape index (κ2) is 5.80. The molecule has 1 atom stereocenters. The van der Waals surface area contributed by atoms with Gasteiger partial charge in [0.25, 0.3) is 11.5 Å². The van der Waals surface area contributed by atoms with E-state index in [0.717, 1.165) is 24.2 Å². The summed E-state index contributed by atoms with van der Waals surface area (Å²) >= 11 is 0. The molecule has 4 rings (SSSR count). The average Bonchev–Trinajstić information content (AvgIpc) is 3.26. The lowest BCUT2D eigenvalue weighted by Crippen LogP contribution is -2.31. The van der Waals surface area contributed by atoms with Crippen molar-refractivity contribution in [2.24, 2.45) is 0 Å². The van der Waals surface area contributed by atoms with Crippen LogP contribution in [0.25, 0.3) is 5.65 Å². The molecule has 1 N–H and O–H groups in total. The third-order valence-corrected chi connectivity index (χ3v) is 4.76. The van der Waals surface area contributed by atoms with Gasteiger partial charge in [-0.3, -0.25) is 19.7 Å². The van der Waals surface area contributed by atoms with Crippen LogP contribution in [-0.4, -0.2) is 41.9 Å². The number of aromatic amines is 1. The number of nitrogens with zero attached hydrogens (tertiary/aromatic N) is 5. The third kappa shape index (κ3) is 2.50. The lowest BCUT2D eigenvalue weighted by Gasteiger charge is -2.23. The number of amides is 1. The fourth-order valence-electron chi connectivity index (χ4n) is 3.30. The van der Waals surface area contributed by atoms with Crippen molar-refractivity contribution in [3.63, 3.8) is 0 Å². The molecular formula is C17H18N6O2. The number of likely N-dealkylation sites (tertiary alicyclic amines) is 1. The minimum atomic E-state index is -0.151. The summed E-state index contributed by atoms with van der Waals surface area (Å²) in [5.74, 6) is -0.151. The van der Waals surface area contributed by atoms with Crippen molar-refractivity contribution in [3.8, 4) is 0 Å². The number of hydrogen-bond donors (Lipinski definition) is 1. The Morgan fingerprint density at radius 2 is 2.16 bits per heavy atom. The summed E-state index contributed by atoms with van der Waals surface area (Å²) in [4.78, 5) is 39.5. The van der Waals surface area contributed by atoms with E-state index in [9.17, 15) is 9.59 Å². The molecule has 0 saturated carbocycles. The van der Waals surface area contributed by atoms with E-state index in [0.29, 0.717) is 23.4 Å². The smallest absolute Gasteiger partial charge is 0.275 e. The fraction of sp³-hybridized carbons (Fsp3) is 0.353. The zero-order valence-electron chi connectivity index (χ0n) is 14.1. The quantitative estimate of drug-likeness (QED) is 0.762. The molecule has 128 valence electrons. The summed E-state index contributed by atoms with van der Waals surface area (Å²) in [6, 6.07) is 1.72. The van der Waals surface area contributed by atoms with Gasteiger partial charge in [-0.2, -0.15) is 0 Å². The predicted octanol–water partition coefficient (Wildman–Crippen LogP) is 1.41. The van der Waals surface area contributed by atoms with Crippen molar-refractivity contribution in [1.82, 2.24) is 29.5 Å². The molecule has 1 saturated heterocycles. The monoisotopic (exact) mass is 338 g/mol. The average molecular weight is 338 g/mol. The second-order valence-electron chi connectivity index (χ2n) is 6.28. The second-order valence-corrected chi connectivity index (χ2v) is 6.28. The van der Waals surface area contributed by atoms with Crippen LogP contribution in [0.5, 0.6) is 0 Å². The molecule has 3 aromatic rings. The van der Waals surface area contributed by atoms with E-state index in [1.807, 2.05) is 13.0 Å². The van der Waals surface area contributed by atoms with Gasteiger partial charge >= 0.3 is 0 Å². The molecule has 0 bridgehead atoms. The van der Waals surface area contributed by atoms with Crippen molar-refractivity contribution in [1.29, 1.82) is 0 Å². The van der Waals surface area contributed by atoms with Crippen LogP contribution in [0.2, 0.25) is 0 Å². The zero-order valence-corrected chi connectivity index (χ0v) is 14.1. The van der Waals surface area contributed by atoms with E-state index in [-0.39, 0.29) is 17.5 Å². The van der Waals surface area contributed by atoms with Crippen LogP contribution in [0.15, 0.2) is 29.5 Å². The minimum absolute atomic E-state index is 0.112. The highest BCUT2D eigenvalue weighted by atomic mass is 16.2. The maximum absolute atomic E-state index is 12.7. The molecule has 8 heteroatoms. The number of hydrogen-bond acceptors (Lipinski definition) is 5. The van der Waals surface area contributed by atoms with E-state index < -0.39 is 0 Å². The highest BCUT2D eigenvalue weighted by Crippen LogP contribution is 2.32. The number of carbonyl (C=O) groups is 1. The Kier molecular flexibility index (Phi) is 3.60. The molecule has 0 unspecified atom stereocenters. The van der Waals surface area contributed by atoms with Gasteiger partial charge in [-0.15, -0.1) is 0 Å². The number of aryl methyl sites for hydroxylation is 1. The van der Waals surface area contributed by atoms with Gasteiger partial charge in [0, 0.05) is 36.3 Å². The lowest BCUT2D eigenvalue weighted by atomic mass is 10.1. The van der Waals surface area contributed by atoms with Gasteiger partial charge in [-0.05, 0) is 26.7 Å². The lowest BCUT2D eigenvalue weighted by molar-refractivity contribution is 0.0726. The molecule has 4 heterocycles. The zero-order chi connectivity index (χ0) is 17.6. The molecule has 1 amide bonds. The Balaban J connectivity index is 1.73. The molecule has 1 aliphatic rings. The highest BCUT2D eigenvalue weighted by molar-refractivity contribution is 5.92. The largest absolute Gasteiger partial charge is 0.329 e. The minimum Gasteiger partial charge on any atom is -0.329 e. The molecule has 0 radical (unpaired) electrons. The van der Waals surface area contributed by atoms with Crippen LogP contribution in [0.4, 0.5) is 0 Å². The van der Waals surface area contributed by atoms with Crippen LogP contribution in [0.1, 0.15) is 46.3 Å². The first kappa shape index (κ1) is 15.5. The molecular weight excluding hydrogens is 320 g/mol. The number of H-pyrrole nitrogens is 1. The van der Waals surface area contributed by atoms with Crippen LogP contribution >= 0.6 is 0 Å². The first-order valence-corrected chi connectivity index (χ1v) is 8.22. The number of fused-ring (bicyclic) bond motifs is 1. The van der Waals surface area contributed by atoms with E-state index >= 15 is 0 Å². The van der Waals surface area contributed by atoms with Crippen molar-refractivity contribution >= 4 is 11.6 Å². The summed E-state index contributed by atoms with van der Waals surface area (Å²) in [5.41, 5.74) is 2.93. The summed E-state index contributed by atoms with van der Waals surface area (Å²) in [6.45, 7) is 4.23. The van der Waals surface area contributed by atoms with Crippen LogP contribution in [-0.2, 0) is 0 Å². The third-order valence-electron chi connectivity index (χ3n) is 4.76. The van der Waals surface area contributed by atoms with Gasteiger partial charge < -0.3 is 4.90 Å². The molecule has 3 aromatic heterocycles. The fourth-order valence-corrected chi connectivity index (χ4v) is 3.30. The van der Waals surface area contributed by atoms with E-state index in [1.54, 1.807) is 18.0 Å². The summed E-state index contributed by atoms with van der Waals surface area (Å²) in [6.07, 6.45) is 6.24. The van der Waals surface area contributed by atoms with Crippen molar-refractivity contribution in [2.75, 3.05) is 6.54 Å². The van der Waals surface area contributed by atoms with Crippen molar-refractivity contribution < 1.29 is 4.79 Å². The van der Waals surface area contributed by atoms with Crippen molar-refractivity contribution in [3.05, 3.63) is 57.7 Å². The van der Waals surface area contributed by atoms with Gasteiger partial charge in [0.2, 0.25) is 0 Å². The van der Waals surface area contributed by atoms with Crippen LogP contribution < -0.4 is 5.56 Å². The maximum Gasteiger partial charge on any atom is 0.275 e. The Morgan fingerprint density at radius 1 is 1.32 bits per heavy atom. The standard InChI is InChI=1S/C17H18N6O2/c1-10-11(2)20-15-8-12(21-23(15)16(10)24)14-4-3-7-22(14)17(25)13-9-18-5-6-19-13/h5-6,8-9,14,21H,3-4,7H2,1-2H3/t14-/m1/s1. The maximum atomic E-state index is 12.7. The van der Waals surface area contributed by atoms with Crippen LogP contribution in [0, 0.1) is 13.8 Å². The number of nitrogens with one attached hydrogen (secondary N) is 1. The molecule has 1 aliphatic heterocycles. The number of carbonyl (C=O) groups excluding carboxylic acids is 1. The first-order chi connectivity index (χ1) is 12.1. The molecule has 0 aromatic carbocycles. The summed E-state index contributed by atoms with van der Waals surface area (Å²) < 4.78 is 1.45. The Morgan fingerprint density at radius 3 is 2.92 bits per heavy atom. The van der Waals surface area contributed by atoms with Gasteiger partial charge in [0.1, 0.15) is 5.69 Å². The van der Waals surface area contributed by atoms with Gasteiger partial charge in [0.05, 0.1) is 17.9 Å². The predicted molar refractivity (Wildman–Crippen MR) is 90.3 cm³/mol. The molecule has 1 fully saturated rings. The Hall–Kier alpha value is -3.03. The number of rotatable bonds is 2. The summed E-state index contributed by atoms with van der Waals surface area (Å²) in [7, 11) is 0. The normalized spacial score (nSPS) is 17.4. The van der Waals surface area contributed by atoms with Crippen LogP contribution in [0.3, 0.4) is 0 Å². The van der Waals surface area contributed by atoms with E-state index in [4.69, 9.17) is 0 Å². The van der Waals surface area contributed by atoms with Gasteiger partial charge in [-0.1, -0.05) is 0 Å². The highest BCUT2D eigenvalue weighted by Gasteiger charge is 2.32. The topological polar surface area (TPSA) is 96.2 Å². The Labute approximate surface area is 143 Å². The van der Waals surface area contributed by atoms with Crippen molar-refractivity contribution in [2.45, 2.75) is 32.7 Å².